The van der Waals surface area contributed by atoms with Gasteiger partial charge in [-0.1, -0.05) is 27.7 Å². The van der Waals surface area contributed by atoms with Gasteiger partial charge in [-0.25, -0.2) is 0 Å². The topological polar surface area (TPSA) is 15.3 Å². The monoisotopic (exact) mass is 214 g/mol. The van der Waals surface area contributed by atoms with Crippen molar-refractivity contribution < 1.29 is 0 Å². The zero-order chi connectivity index (χ0) is 11.7. The molecule has 0 saturated carbocycles. The van der Waals surface area contributed by atoms with E-state index < -0.39 is 0 Å². The molecule has 0 aliphatic rings. The normalized spacial score (nSPS) is 13.8. The molecule has 1 unspecified atom stereocenters. The third-order valence-corrected chi connectivity index (χ3v) is 2.80. The fraction of sp³-hybridized carbons (Fsp3) is 1.00. The molecule has 92 valence electrons. The quantitative estimate of drug-likeness (QED) is 0.635. The van der Waals surface area contributed by atoms with Crippen molar-refractivity contribution in [2.24, 2.45) is 5.92 Å². The summed E-state index contributed by atoms with van der Waals surface area (Å²) in [5.74, 6) is 0.816. The van der Waals surface area contributed by atoms with Crippen molar-refractivity contribution in [2.75, 3.05) is 26.7 Å². The standard InChI is InChI=1S/C13H30N2/c1-6-9-14-13(7-2)11-15(5)10-8-12(3)4/h12-14H,6-11H2,1-5H3. The molecule has 0 rings (SSSR count). The summed E-state index contributed by atoms with van der Waals surface area (Å²) in [5.41, 5.74) is 0. The Morgan fingerprint density at radius 1 is 1.20 bits per heavy atom. The molecule has 0 aromatic rings. The van der Waals surface area contributed by atoms with Crippen LogP contribution in [0, 0.1) is 5.92 Å². The predicted octanol–water partition coefficient (Wildman–Crippen LogP) is 2.74. The zero-order valence-corrected chi connectivity index (χ0v) is 11.3. The van der Waals surface area contributed by atoms with E-state index in [-0.39, 0.29) is 0 Å². The molecule has 0 fully saturated rings. The summed E-state index contributed by atoms with van der Waals surface area (Å²) in [7, 11) is 2.23. The molecule has 0 spiro atoms. The van der Waals surface area contributed by atoms with Crippen LogP contribution in [-0.2, 0) is 0 Å². The van der Waals surface area contributed by atoms with Crippen molar-refractivity contribution in [1.82, 2.24) is 10.2 Å². The largest absolute Gasteiger partial charge is 0.313 e. The van der Waals surface area contributed by atoms with E-state index in [0.29, 0.717) is 6.04 Å². The van der Waals surface area contributed by atoms with Gasteiger partial charge < -0.3 is 10.2 Å². The number of likely N-dealkylation sites (N-methyl/N-ethyl adjacent to an activating group) is 1. The maximum atomic E-state index is 3.60. The molecule has 0 radical (unpaired) electrons. The van der Waals surface area contributed by atoms with Gasteiger partial charge >= 0.3 is 0 Å². The smallest absolute Gasteiger partial charge is 0.0192 e. The summed E-state index contributed by atoms with van der Waals surface area (Å²) in [6.07, 6.45) is 3.76. The van der Waals surface area contributed by atoms with Crippen LogP contribution in [0.25, 0.3) is 0 Å². The van der Waals surface area contributed by atoms with Crippen LogP contribution >= 0.6 is 0 Å². The van der Waals surface area contributed by atoms with E-state index in [4.69, 9.17) is 0 Å². The minimum absolute atomic E-state index is 0.669. The van der Waals surface area contributed by atoms with Gasteiger partial charge in [0, 0.05) is 12.6 Å². The molecule has 15 heavy (non-hydrogen) atoms. The number of hydrogen-bond donors (Lipinski definition) is 1. The Bertz CT molecular complexity index is 134. The number of nitrogens with one attached hydrogen (secondary N) is 1. The molecule has 2 heteroatoms. The van der Waals surface area contributed by atoms with Gasteiger partial charge in [-0.05, 0) is 45.3 Å². The highest BCUT2D eigenvalue weighted by molar-refractivity contribution is 4.69. The first-order valence-corrected chi connectivity index (χ1v) is 6.52. The fourth-order valence-electron chi connectivity index (χ4n) is 1.63. The highest BCUT2D eigenvalue weighted by Crippen LogP contribution is 2.02. The molecule has 0 aliphatic carbocycles. The molecule has 0 heterocycles. The number of nitrogens with zero attached hydrogens (tertiary/aromatic N) is 1. The first-order valence-electron chi connectivity index (χ1n) is 6.52. The maximum Gasteiger partial charge on any atom is 0.0192 e. The molecule has 1 N–H and O–H groups in total. The van der Waals surface area contributed by atoms with Crippen LogP contribution in [-0.4, -0.2) is 37.6 Å². The average Bonchev–Trinajstić information content (AvgIpc) is 2.21. The van der Waals surface area contributed by atoms with Gasteiger partial charge in [0.15, 0.2) is 0 Å². The lowest BCUT2D eigenvalue weighted by atomic mass is 10.1. The van der Waals surface area contributed by atoms with Crippen molar-refractivity contribution in [1.29, 1.82) is 0 Å². The first-order chi connectivity index (χ1) is 7.10. The van der Waals surface area contributed by atoms with Crippen molar-refractivity contribution in [3.63, 3.8) is 0 Å². The molecule has 0 aromatic carbocycles. The van der Waals surface area contributed by atoms with Gasteiger partial charge in [0.1, 0.15) is 0 Å². The molecule has 0 aliphatic heterocycles. The SMILES string of the molecule is CCCNC(CC)CN(C)CCC(C)C. The second-order valence-electron chi connectivity index (χ2n) is 5.00. The highest BCUT2D eigenvalue weighted by Gasteiger charge is 2.08. The maximum absolute atomic E-state index is 3.60. The van der Waals surface area contributed by atoms with Crippen LogP contribution in [0.15, 0.2) is 0 Å². The van der Waals surface area contributed by atoms with Crippen molar-refractivity contribution in [3.05, 3.63) is 0 Å². The van der Waals surface area contributed by atoms with Crippen molar-refractivity contribution in [2.45, 2.75) is 53.0 Å². The van der Waals surface area contributed by atoms with Gasteiger partial charge in [0.05, 0.1) is 0 Å². The van der Waals surface area contributed by atoms with Crippen LogP contribution < -0.4 is 5.32 Å². The molecule has 0 aromatic heterocycles. The Labute approximate surface area is 96.4 Å². The van der Waals surface area contributed by atoms with Crippen LogP contribution in [0.2, 0.25) is 0 Å². The second kappa shape index (κ2) is 9.17. The number of rotatable bonds is 9. The Morgan fingerprint density at radius 3 is 2.33 bits per heavy atom. The Hall–Kier alpha value is -0.0800. The minimum Gasteiger partial charge on any atom is -0.313 e. The lowest BCUT2D eigenvalue weighted by Crippen LogP contribution is -2.40. The zero-order valence-electron chi connectivity index (χ0n) is 11.3. The van der Waals surface area contributed by atoms with E-state index in [9.17, 15) is 0 Å². The Morgan fingerprint density at radius 2 is 1.87 bits per heavy atom. The van der Waals surface area contributed by atoms with Crippen molar-refractivity contribution >= 4 is 0 Å². The molecule has 0 saturated heterocycles. The van der Waals surface area contributed by atoms with E-state index >= 15 is 0 Å². The summed E-state index contributed by atoms with van der Waals surface area (Å²) < 4.78 is 0. The van der Waals surface area contributed by atoms with Gasteiger partial charge in [0.25, 0.3) is 0 Å². The summed E-state index contributed by atoms with van der Waals surface area (Å²) in [6.45, 7) is 12.6. The van der Waals surface area contributed by atoms with Gasteiger partial charge in [-0.3, -0.25) is 0 Å². The van der Waals surface area contributed by atoms with Crippen molar-refractivity contribution in [3.8, 4) is 0 Å². The third kappa shape index (κ3) is 8.88. The summed E-state index contributed by atoms with van der Waals surface area (Å²) in [5, 5.41) is 3.60. The van der Waals surface area contributed by atoms with Crippen LogP contribution in [0.5, 0.6) is 0 Å². The highest BCUT2D eigenvalue weighted by atomic mass is 15.1. The number of hydrogen-bond acceptors (Lipinski definition) is 2. The Kier molecular flexibility index (Phi) is 9.12. The summed E-state index contributed by atoms with van der Waals surface area (Å²) in [4.78, 5) is 2.46. The summed E-state index contributed by atoms with van der Waals surface area (Å²) in [6, 6.07) is 0.669. The molecule has 0 bridgehead atoms. The first kappa shape index (κ1) is 14.9. The lowest BCUT2D eigenvalue weighted by Gasteiger charge is -2.24. The molecular formula is C13H30N2. The third-order valence-electron chi connectivity index (χ3n) is 2.80. The Balaban J connectivity index is 3.64. The average molecular weight is 214 g/mol. The van der Waals surface area contributed by atoms with Gasteiger partial charge in [-0.2, -0.15) is 0 Å². The molecule has 2 nitrogen and oxygen atoms in total. The predicted molar refractivity (Wildman–Crippen MR) is 69.3 cm³/mol. The molecular weight excluding hydrogens is 184 g/mol. The van der Waals surface area contributed by atoms with Gasteiger partial charge in [0.2, 0.25) is 0 Å². The van der Waals surface area contributed by atoms with E-state index in [1.807, 2.05) is 0 Å². The van der Waals surface area contributed by atoms with E-state index in [1.54, 1.807) is 0 Å². The summed E-state index contributed by atoms with van der Waals surface area (Å²) >= 11 is 0. The minimum atomic E-state index is 0.669. The second-order valence-corrected chi connectivity index (χ2v) is 5.00. The van der Waals surface area contributed by atoms with Crippen LogP contribution in [0.3, 0.4) is 0 Å². The van der Waals surface area contributed by atoms with E-state index in [1.165, 1.54) is 32.4 Å². The fourth-order valence-corrected chi connectivity index (χ4v) is 1.63. The van der Waals surface area contributed by atoms with E-state index in [2.05, 4.69) is 45.0 Å². The lowest BCUT2D eigenvalue weighted by molar-refractivity contribution is 0.269. The van der Waals surface area contributed by atoms with E-state index in [0.717, 1.165) is 12.5 Å². The molecule has 1 atom stereocenters. The van der Waals surface area contributed by atoms with Crippen LogP contribution in [0.1, 0.15) is 47.0 Å². The van der Waals surface area contributed by atoms with Crippen LogP contribution in [0.4, 0.5) is 0 Å². The molecule has 0 amide bonds. The van der Waals surface area contributed by atoms with Gasteiger partial charge in [-0.15, -0.1) is 0 Å².